The predicted octanol–water partition coefficient (Wildman–Crippen LogP) is 5.97. The van der Waals surface area contributed by atoms with Crippen LogP contribution in [-0.2, 0) is 14.3 Å². The van der Waals surface area contributed by atoms with Crippen molar-refractivity contribution in [1.82, 2.24) is 9.25 Å². The van der Waals surface area contributed by atoms with E-state index in [-0.39, 0.29) is 57.6 Å². The summed E-state index contributed by atoms with van der Waals surface area (Å²) in [6.45, 7) is 15.6. The van der Waals surface area contributed by atoms with Crippen molar-refractivity contribution in [3.63, 3.8) is 0 Å². The minimum atomic E-state index is -0.938. The number of rotatable bonds is 9. The Morgan fingerprint density at radius 2 is 1.74 bits per heavy atom. The fraction of sp³-hybridized carbons (Fsp3) is 0.972. The van der Waals surface area contributed by atoms with Crippen LogP contribution in [0.5, 0.6) is 0 Å². The number of hydrogen-bond donors (Lipinski definition) is 4. The Bertz CT molecular complexity index is 1200. The maximum absolute atomic E-state index is 13.8. The zero-order valence-electron chi connectivity index (χ0n) is 29.4. The van der Waals surface area contributed by atoms with Crippen LogP contribution in [0.3, 0.4) is 0 Å². The summed E-state index contributed by atoms with van der Waals surface area (Å²) in [7, 11) is 1.79. The van der Waals surface area contributed by atoms with Gasteiger partial charge in [0.05, 0.1) is 29.5 Å². The second kappa shape index (κ2) is 11.4. The third-order valence-corrected chi connectivity index (χ3v) is 15.8. The van der Waals surface area contributed by atoms with Gasteiger partial charge in [-0.15, -0.1) is 0 Å². The summed E-state index contributed by atoms with van der Waals surface area (Å²) < 4.78 is 14.9. The summed E-state index contributed by atoms with van der Waals surface area (Å²) in [5.74, 6) is -0.0836. The summed E-state index contributed by atoms with van der Waals surface area (Å²) in [5, 5.41) is 34.2. The van der Waals surface area contributed by atoms with Crippen molar-refractivity contribution in [3.05, 3.63) is 0 Å². The molecule has 0 bridgehead atoms. The second-order valence-corrected chi connectivity index (χ2v) is 19.2. The average Bonchev–Trinajstić information content (AvgIpc) is 3.31. The van der Waals surface area contributed by atoms with Gasteiger partial charge in [0.25, 0.3) is 0 Å². The van der Waals surface area contributed by atoms with Crippen molar-refractivity contribution in [2.75, 3.05) is 13.6 Å². The maximum atomic E-state index is 13.8. The lowest BCUT2D eigenvalue weighted by Gasteiger charge is -2.64. The summed E-state index contributed by atoms with van der Waals surface area (Å²) in [6.07, 6.45) is 7.54. The molecule has 10 heteroatoms. The maximum Gasteiger partial charge on any atom is 0.324 e. The van der Waals surface area contributed by atoms with Gasteiger partial charge in [-0.2, -0.15) is 0 Å². The van der Waals surface area contributed by atoms with Crippen LogP contribution in [-0.4, -0.2) is 81.0 Å². The van der Waals surface area contributed by atoms with Gasteiger partial charge in [-0.25, -0.2) is 9.25 Å². The molecule has 1 aliphatic heterocycles. The molecule has 1 saturated heterocycles. The van der Waals surface area contributed by atoms with Crippen LogP contribution < -0.4 is 4.84 Å². The molecule has 264 valence electrons. The fourth-order valence-electron chi connectivity index (χ4n) is 13.2. The zero-order chi connectivity index (χ0) is 33.9. The van der Waals surface area contributed by atoms with E-state index in [1.807, 2.05) is 13.8 Å². The van der Waals surface area contributed by atoms with Crippen molar-refractivity contribution >= 4 is 29.5 Å². The molecule has 8 nitrogen and oxygen atoms in total. The van der Waals surface area contributed by atoms with Gasteiger partial charge in [0.15, 0.2) is 0 Å². The lowest BCUT2D eigenvalue weighted by atomic mass is 9.41. The van der Waals surface area contributed by atoms with Crippen LogP contribution >= 0.6 is 23.6 Å². The minimum Gasteiger partial charge on any atom is -0.461 e. The first-order valence-electron chi connectivity index (χ1n) is 17.9. The Kier molecular flexibility index (Phi) is 8.84. The van der Waals surface area contributed by atoms with E-state index in [2.05, 4.69) is 39.5 Å². The van der Waals surface area contributed by atoms with Gasteiger partial charge in [0.1, 0.15) is 12.1 Å². The number of carbonyl (C=O) groups excluding carboxylic acids is 1. The molecule has 6 aliphatic rings. The largest absolute Gasteiger partial charge is 0.461 e. The number of esters is 1. The Morgan fingerprint density at radius 3 is 2.35 bits per heavy atom. The summed E-state index contributed by atoms with van der Waals surface area (Å²) in [4.78, 5) is 16.5. The molecule has 0 aromatic rings. The normalized spacial score (nSPS) is 49.9. The topological polar surface area (TPSA) is 111 Å². The van der Waals surface area contributed by atoms with E-state index in [4.69, 9.17) is 33.0 Å². The molecule has 0 radical (unpaired) electrons. The smallest absolute Gasteiger partial charge is 0.324 e. The Morgan fingerprint density at radius 1 is 1.04 bits per heavy atom. The van der Waals surface area contributed by atoms with Crippen LogP contribution in [0.15, 0.2) is 0 Å². The number of ether oxygens (including phenoxy) is 2. The van der Waals surface area contributed by atoms with Gasteiger partial charge in [0, 0.05) is 25.4 Å². The van der Waals surface area contributed by atoms with Crippen molar-refractivity contribution in [2.24, 2.45) is 44.8 Å². The van der Waals surface area contributed by atoms with Gasteiger partial charge in [-0.1, -0.05) is 27.7 Å². The molecule has 0 amide bonds. The van der Waals surface area contributed by atoms with Crippen LogP contribution in [0.1, 0.15) is 119 Å². The number of aliphatic hydroxyl groups excluding tert-OH is 2. The highest BCUT2D eigenvalue weighted by atomic mass is 35.5. The molecule has 1 heterocycles. The highest BCUT2D eigenvalue weighted by Crippen LogP contribution is 2.89. The lowest BCUT2D eigenvalue weighted by Crippen LogP contribution is -2.63. The molecular formula is C36H60Cl2N2O6. The van der Waals surface area contributed by atoms with Gasteiger partial charge < -0.3 is 24.8 Å². The van der Waals surface area contributed by atoms with E-state index in [0.717, 1.165) is 51.4 Å². The number of fused-ring (bicyclic) bond motifs is 2. The van der Waals surface area contributed by atoms with E-state index >= 15 is 0 Å². The highest BCUT2D eigenvalue weighted by molar-refractivity contribution is 6.14. The molecule has 6 fully saturated rings. The van der Waals surface area contributed by atoms with Gasteiger partial charge in [0.2, 0.25) is 0 Å². The number of nitrogens with zero attached hydrogens (tertiary/aromatic N) is 1. The van der Waals surface area contributed by atoms with Gasteiger partial charge in [-0.3, -0.25) is 4.79 Å². The van der Waals surface area contributed by atoms with Crippen LogP contribution in [0.2, 0.25) is 0 Å². The Labute approximate surface area is 286 Å². The van der Waals surface area contributed by atoms with Crippen molar-refractivity contribution < 1.29 is 29.6 Å². The first-order chi connectivity index (χ1) is 21.2. The van der Waals surface area contributed by atoms with Gasteiger partial charge in [-0.05, 0) is 148 Å². The number of nitrogens with one attached hydrogen (secondary N) is 1. The highest BCUT2D eigenvalue weighted by Gasteiger charge is 2.85. The molecular weight excluding hydrogens is 627 g/mol. The number of aliphatic hydroxyl groups is 3. The van der Waals surface area contributed by atoms with Crippen molar-refractivity contribution in [1.29, 1.82) is 0 Å². The summed E-state index contributed by atoms with van der Waals surface area (Å²) in [6, 6.07) is -0.648. The van der Waals surface area contributed by atoms with Gasteiger partial charge >= 0.3 is 5.97 Å². The van der Waals surface area contributed by atoms with E-state index in [1.54, 1.807) is 11.5 Å². The van der Waals surface area contributed by atoms with Crippen molar-refractivity contribution in [2.45, 2.75) is 161 Å². The standard InChI is InChI=1S/C36H60Cl2N2O6/c1-30(2)25(42)11-14-36-20-35(36)16-15-32(5)27(34(7)13-12-26(46-34)31(3,4)44)22(41)19-33(32,6)24(35)18-23(28(30)36)45-29(43)21(39-37)10-9-17-40(8)38/h21-28,39,41-42,44H,9-20H2,1-8H3/t21-,22-,23-,24?,25-,26-,27?,28-,32+,33-,34+,35?,36+/m0/s1. The lowest BCUT2D eigenvalue weighted by molar-refractivity contribution is -0.221. The van der Waals surface area contributed by atoms with Crippen LogP contribution in [0.25, 0.3) is 0 Å². The third kappa shape index (κ3) is 4.99. The van der Waals surface area contributed by atoms with E-state index in [1.165, 1.54) is 0 Å². The molecule has 0 aromatic carbocycles. The Hall–Kier alpha value is -0.190. The molecule has 13 atom stereocenters. The summed E-state index contributed by atoms with van der Waals surface area (Å²) in [5.41, 5.74) is -2.13. The monoisotopic (exact) mass is 686 g/mol. The Balaban J connectivity index is 1.34. The average molecular weight is 688 g/mol. The molecule has 2 spiro atoms. The molecule has 6 rings (SSSR count). The predicted molar refractivity (Wildman–Crippen MR) is 179 cm³/mol. The zero-order valence-corrected chi connectivity index (χ0v) is 30.9. The summed E-state index contributed by atoms with van der Waals surface area (Å²) >= 11 is 12.1. The van der Waals surface area contributed by atoms with E-state index in [0.29, 0.717) is 25.8 Å². The molecule has 4 N–H and O–H groups in total. The quantitative estimate of drug-likeness (QED) is 0.174. The van der Waals surface area contributed by atoms with Crippen LogP contribution in [0.4, 0.5) is 0 Å². The molecule has 46 heavy (non-hydrogen) atoms. The fourth-order valence-corrected chi connectivity index (χ4v) is 13.5. The second-order valence-electron chi connectivity index (χ2n) is 18.4. The van der Waals surface area contributed by atoms with E-state index < -0.39 is 34.9 Å². The number of carbonyl (C=O) groups is 1. The minimum absolute atomic E-state index is 0.00195. The number of halogens is 2. The first kappa shape index (κ1) is 35.6. The van der Waals surface area contributed by atoms with Crippen LogP contribution in [0, 0.1) is 44.8 Å². The van der Waals surface area contributed by atoms with Crippen molar-refractivity contribution in [3.8, 4) is 0 Å². The number of hydrogen-bond acceptors (Lipinski definition) is 8. The third-order valence-electron chi connectivity index (χ3n) is 15.4. The SMILES string of the molecule is CN(Cl)CCC[C@H](NCl)C(=O)O[C@H]1CC2C3(CC[C@]4(C)C([C@@]5(C)CC[C@@H](C(C)(C)O)O5)[C@@H](O)C[C@@]24C)C[C@@]32CC[C@H](O)C(C)(C)[C@H]12. The van der Waals surface area contributed by atoms with E-state index in [9.17, 15) is 20.1 Å². The molecule has 5 saturated carbocycles. The first-order valence-corrected chi connectivity index (χ1v) is 18.6. The molecule has 3 unspecified atom stereocenters. The molecule has 5 aliphatic carbocycles. The molecule has 0 aromatic heterocycles.